The lowest BCUT2D eigenvalue weighted by atomic mass is 10.3. The van der Waals surface area contributed by atoms with E-state index < -0.39 is 0 Å². The van der Waals surface area contributed by atoms with Crippen LogP contribution in [-0.2, 0) is 0 Å². The Balaban J connectivity index is 2.94. The lowest BCUT2D eigenvalue weighted by Gasteiger charge is -2.24. The van der Waals surface area contributed by atoms with Crippen molar-refractivity contribution in [3.8, 4) is 0 Å². The molecule has 0 radical (unpaired) electrons. The SMILES string of the molecule is CCN(C(=O)c1cncc(NC)n1)C(C)C. The quantitative estimate of drug-likeness (QED) is 0.836. The Bertz CT molecular complexity index is 365. The predicted octanol–water partition coefficient (Wildman–Crippen LogP) is 1.39. The van der Waals surface area contributed by atoms with Gasteiger partial charge in [-0.2, -0.15) is 0 Å². The van der Waals surface area contributed by atoms with Crippen molar-refractivity contribution in [1.29, 1.82) is 0 Å². The van der Waals surface area contributed by atoms with E-state index >= 15 is 0 Å². The summed E-state index contributed by atoms with van der Waals surface area (Å²) in [5.41, 5.74) is 0.377. The lowest BCUT2D eigenvalue weighted by Crippen LogP contribution is -2.37. The van der Waals surface area contributed by atoms with Gasteiger partial charge in [0.25, 0.3) is 5.91 Å². The van der Waals surface area contributed by atoms with Crippen LogP contribution in [0.5, 0.6) is 0 Å². The Labute approximate surface area is 95.9 Å². The summed E-state index contributed by atoms with van der Waals surface area (Å²) < 4.78 is 0. The monoisotopic (exact) mass is 222 g/mol. The third kappa shape index (κ3) is 2.68. The molecule has 0 spiro atoms. The van der Waals surface area contributed by atoms with E-state index in [0.29, 0.717) is 18.1 Å². The number of rotatable bonds is 4. The molecule has 0 atom stereocenters. The van der Waals surface area contributed by atoms with Gasteiger partial charge in [0.05, 0.1) is 12.4 Å². The molecular weight excluding hydrogens is 204 g/mol. The maximum Gasteiger partial charge on any atom is 0.274 e. The molecule has 5 heteroatoms. The maximum atomic E-state index is 12.1. The standard InChI is InChI=1S/C11H18N4O/c1-5-15(8(2)3)11(16)9-6-13-7-10(12-4)14-9/h6-8H,5H2,1-4H3,(H,12,14). The first-order valence-electron chi connectivity index (χ1n) is 5.40. The van der Waals surface area contributed by atoms with E-state index in [-0.39, 0.29) is 11.9 Å². The lowest BCUT2D eigenvalue weighted by molar-refractivity contribution is 0.0710. The zero-order valence-corrected chi connectivity index (χ0v) is 10.2. The molecule has 0 bridgehead atoms. The maximum absolute atomic E-state index is 12.1. The highest BCUT2D eigenvalue weighted by Gasteiger charge is 2.18. The van der Waals surface area contributed by atoms with Crippen LogP contribution < -0.4 is 5.32 Å². The number of hydrogen-bond donors (Lipinski definition) is 1. The predicted molar refractivity (Wildman–Crippen MR) is 63.4 cm³/mol. The molecule has 1 amide bonds. The van der Waals surface area contributed by atoms with Crippen molar-refractivity contribution in [3.63, 3.8) is 0 Å². The fourth-order valence-electron chi connectivity index (χ4n) is 1.48. The van der Waals surface area contributed by atoms with Crippen LogP contribution in [0.4, 0.5) is 5.82 Å². The zero-order chi connectivity index (χ0) is 12.1. The topological polar surface area (TPSA) is 58.1 Å². The van der Waals surface area contributed by atoms with Gasteiger partial charge in [0.2, 0.25) is 0 Å². The van der Waals surface area contributed by atoms with Crippen LogP contribution in [0.2, 0.25) is 0 Å². The third-order valence-corrected chi connectivity index (χ3v) is 2.33. The van der Waals surface area contributed by atoms with Crippen molar-refractivity contribution >= 4 is 11.7 Å². The molecule has 1 aromatic rings. The Morgan fingerprint density at radius 3 is 2.69 bits per heavy atom. The van der Waals surface area contributed by atoms with Crippen LogP contribution >= 0.6 is 0 Å². The van der Waals surface area contributed by atoms with Gasteiger partial charge in [-0.25, -0.2) is 4.98 Å². The molecule has 0 fully saturated rings. The largest absolute Gasteiger partial charge is 0.372 e. The second kappa shape index (κ2) is 5.44. The van der Waals surface area contributed by atoms with Gasteiger partial charge >= 0.3 is 0 Å². The average molecular weight is 222 g/mol. The van der Waals surface area contributed by atoms with Crippen LogP contribution in [0.3, 0.4) is 0 Å². The van der Waals surface area contributed by atoms with Crippen LogP contribution in [0, 0.1) is 0 Å². The van der Waals surface area contributed by atoms with Gasteiger partial charge in [-0.05, 0) is 20.8 Å². The molecule has 0 aliphatic heterocycles. The van der Waals surface area contributed by atoms with Crippen molar-refractivity contribution in [1.82, 2.24) is 14.9 Å². The smallest absolute Gasteiger partial charge is 0.274 e. The van der Waals surface area contributed by atoms with Gasteiger partial charge in [-0.15, -0.1) is 0 Å². The van der Waals surface area contributed by atoms with E-state index in [1.165, 1.54) is 6.20 Å². The first-order chi connectivity index (χ1) is 7.60. The van der Waals surface area contributed by atoms with Crippen molar-refractivity contribution < 1.29 is 4.79 Å². The summed E-state index contributed by atoms with van der Waals surface area (Å²) >= 11 is 0. The number of hydrogen-bond acceptors (Lipinski definition) is 4. The minimum absolute atomic E-state index is 0.0814. The normalized spacial score (nSPS) is 10.3. The first kappa shape index (κ1) is 12.4. The van der Waals surface area contributed by atoms with Gasteiger partial charge in [0.15, 0.2) is 0 Å². The van der Waals surface area contributed by atoms with E-state index in [9.17, 15) is 4.79 Å². The minimum atomic E-state index is -0.0814. The zero-order valence-electron chi connectivity index (χ0n) is 10.2. The summed E-state index contributed by atoms with van der Waals surface area (Å²) in [7, 11) is 1.75. The van der Waals surface area contributed by atoms with Crippen LogP contribution in [0.25, 0.3) is 0 Å². The molecule has 5 nitrogen and oxygen atoms in total. The van der Waals surface area contributed by atoms with E-state index in [0.717, 1.165) is 0 Å². The van der Waals surface area contributed by atoms with Crippen LogP contribution in [0.15, 0.2) is 12.4 Å². The first-order valence-corrected chi connectivity index (χ1v) is 5.40. The number of nitrogens with one attached hydrogen (secondary N) is 1. The molecule has 1 rings (SSSR count). The molecule has 0 saturated carbocycles. The second-order valence-corrected chi connectivity index (χ2v) is 3.72. The molecule has 1 N–H and O–H groups in total. The highest BCUT2D eigenvalue weighted by Crippen LogP contribution is 2.07. The third-order valence-electron chi connectivity index (χ3n) is 2.33. The Kier molecular flexibility index (Phi) is 4.22. The van der Waals surface area contributed by atoms with Gasteiger partial charge in [0, 0.05) is 19.6 Å². The summed E-state index contributed by atoms with van der Waals surface area (Å²) in [4.78, 5) is 22.0. The fourth-order valence-corrected chi connectivity index (χ4v) is 1.48. The summed E-state index contributed by atoms with van der Waals surface area (Å²) in [5.74, 6) is 0.521. The van der Waals surface area contributed by atoms with Crippen LogP contribution in [-0.4, -0.2) is 40.4 Å². The highest BCUT2D eigenvalue weighted by atomic mass is 16.2. The van der Waals surface area contributed by atoms with E-state index in [4.69, 9.17) is 0 Å². The average Bonchev–Trinajstić information content (AvgIpc) is 2.29. The molecule has 1 aromatic heterocycles. The molecule has 0 aliphatic rings. The van der Waals surface area contributed by atoms with Crippen molar-refractivity contribution in [3.05, 3.63) is 18.1 Å². The molecule has 0 saturated heterocycles. The number of carbonyl (C=O) groups is 1. The molecule has 0 unspecified atom stereocenters. The summed E-state index contributed by atoms with van der Waals surface area (Å²) in [6.07, 6.45) is 3.08. The van der Waals surface area contributed by atoms with Gasteiger partial charge in [-0.3, -0.25) is 9.78 Å². The Morgan fingerprint density at radius 1 is 1.50 bits per heavy atom. The fraction of sp³-hybridized carbons (Fsp3) is 0.545. The Morgan fingerprint density at radius 2 is 2.19 bits per heavy atom. The number of nitrogens with zero attached hydrogens (tertiary/aromatic N) is 3. The van der Waals surface area contributed by atoms with Gasteiger partial charge in [0.1, 0.15) is 11.5 Å². The summed E-state index contributed by atoms with van der Waals surface area (Å²) in [5, 5.41) is 2.86. The number of carbonyl (C=O) groups excluding carboxylic acids is 1. The minimum Gasteiger partial charge on any atom is -0.372 e. The van der Waals surface area contributed by atoms with Crippen molar-refractivity contribution in [2.45, 2.75) is 26.8 Å². The summed E-state index contributed by atoms with van der Waals surface area (Å²) in [6, 6.07) is 0.164. The van der Waals surface area contributed by atoms with E-state index in [1.807, 2.05) is 20.8 Å². The van der Waals surface area contributed by atoms with Crippen molar-refractivity contribution in [2.75, 3.05) is 18.9 Å². The molecular formula is C11H18N4O. The second-order valence-electron chi connectivity index (χ2n) is 3.72. The van der Waals surface area contributed by atoms with Crippen molar-refractivity contribution in [2.24, 2.45) is 0 Å². The van der Waals surface area contributed by atoms with Gasteiger partial charge < -0.3 is 10.2 Å². The number of aromatic nitrogens is 2. The van der Waals surface area contributed by atoms with Crippen LogP contribution in [0.1, 0.15) is 31.3 Å². The molecule has 88 valence electrons. The van der Waals surface area contributed by atoms with E-state index in [2.05, 4.69) is 15.3 Å². The highest BCUT2D eigenvalue weighted by molar-refractivity contribution is 5.92. The molecule has 1 heterocycles. The van der Waals surface area contributed by atoms with E-state index in [1.54, 1.807) is 18.1 Å². The molecule has 0 aliphatic carbocycles. The number of anilines is 1. The summed E-state index contributed by atoms with van der Waals surface area (Å²) in [6.45, 7) is 6.59. The molecule has 0 aromatic carbocycles. The Hall–Kier alpha value is -1.65. The van der Waals surface area contributed by atoms with Gasteiger partial charge in [-0.1, -0.05) is 0 Å². The number of amides is 1. The molecule has 16 heavy (non-hydrogen) atoms.